The zero-order valence-electron chi connectivity index (χ0n) is 25.2. The molecule has 9 nitrogen and oxygen atoms in total. The highest BCUT2D eigenvalue weighted by Crippen LogP contribution is 2.45. The van der Waals surface area contributed by atoms with Gasteiger partial charge in [-0.15, -0.1) is 10.2 Å². The highest BCUT2D eigenvalue weighted by Gasteiger charge is 2.48. The van der Waals surface area contributed by atoms with E-state index in [0.717, 1.165) is 28.0 Å². The number of aromatic hydroxyl groups is 1. The van der Waals surface area contributed by atoms with Crippen molar-refractivity contribution in [3.05, 3.63) is 130 Å². The number of rotatable bonds is 10. The summed E-state index contributed by atoms with van der Waals surface area (Å²) >= 11 is 2.45. The van der Waals surface area contributed by atoms with Crippen LogP contribution < -0.4 is 14.4 Å². The van der Waals surface area contributed by atoms with Gasteiger partial charge in [0.15, 0.2) is 15.8 Å². The van der Waals surface area contributed by atoms with Crippen LogP contribution in [0.25, 0.3) is 5.76 Å². The van der Waals surface area contributed by atoms with Crippen molar-refractivity contribution in [3.63, 3.8) is 0 Å². The first-order chi connectivity index (χ1) is 22.7. The molecule has 6 rings (SSSR count). The fourth-order valence-corrected chi connectivity index (χ4v) is 6.91. The van der Waals surface area contributed by atoms with Crippen LogP contribution in [-0.2, 0) is 21.9 Å². The maximum absolute atomic E-state index is 13.6. The van der Waals surface area contributed by atoms with Gasteiger partial charge in [-0.2, -0.15) is 0 Å². The van der Waals surface area contributed by atoms with Crippen LogP contribution in [0.4, 0.5) is 9.52 Å². The van der Waals surface area contributed by atoms with Crippen molar-refractivity contribution in [1.29, 1.82) is 0 Å². The Balaban J connectivity index is 1.33. The van der Waals surface area contributed by atoms with Crippen LogP contribution in [0.15, 0.2) is 101 Å². The van der Waals surface area contributed by atoms with E-state index in [2.05, 4.69) is 10.2 Å². The molecule has 1 aliphatic rings. The Hall–Kier alpha value is -5.20. The average molecular weight is 670 g/mol. The molecule has 0 saturated carbocycles. The van der Waals surface area contributed by atoms with Crippen molar-refractivity contribution in [2.45, 2.75) is 29.7 Å². The number of phenols is 1. The van der Waals surface area contributed by atoms with E-state index in [1.165, 1.54) is 48.0 Å². The number of halogens is 1. The molecule has 0 radical (unpaired) electrons. The topological polar surface area (TPSA) is 122 Å². The van der Waals surface area contributed by atoms with Gasteiger partial charge in [0, 0.05) is 11.3 Å². The van der Waals surface area contributed by atoms with Gasteiger partial charge in [-0.3, -0.25) is 14.5 Å². The number of carbonyl (C=O) groups excluding carboxylic acids is 2. The Bertz CT molecular complexity index is 1980. The summed E-state index contributed by atoms with van der Waals surface area (Å²) in [6.07, 6.45) is 0. The third-order valence-corrected chi connectivity index (χ3v) is 9.75. The van der Waals surface area contributed by atoms with Gasteiger partial charge >= 0.3 is 5.91 Å². The minimum Gasteiger partial charge on any atom is -0.507 e. The standard InChI is InChI=1S/C35H28FN3O6S2/c1-20-5-3-4-6-24(20)18-45-26-14-9-22(10-15-26)31(41)29-30(23-11-16-27(40)28(17-23)44-2)39(33(43)32(29)42)34-37-38-35(47-34)46-19-21-7-12-25(36)13-8-21/h3-17,30,40-41H,18-19H2,1-2H3/b31-29+. The number of ketones is 1. The minimum absolute atomic E-state index is 0.121. The number of aliphatic hydroxyl groups is 1. The van der Waals surface area contributed by atoms with E-state index in [9.17, 15) is 24.2 Å². The van der Waals surface area contributed by atoms with Gasteiger partial charge in [-0.05, 0) is 77.7 Å². The van der Waals surface area contributed by atoms with E-state index in [4.69, 9.17) is 9.47 Å². The summed E-state index contributed by atoms with van der Waals surface area (Å²) in [6, 6.07) is 23.9. The zero-order valence-corrected chi connectivity index (χ0v) is 26.8. The molecule has 0 spiro atoms. The maximum Gasteiger partial charge on any atom is 0.301 e. The second-order valence-corrected chi connectivity index (χ2v) is 12.8. The molecule has 4 aromatic carbocycles. The molecule has 1 amide bonds. The number of methoxy groups -OCH3 is 1. The molecule has 1 aromatic heterocycles. The molecule has 12 heteroatoms. The molecular formula is C35H28FN3O6S2. The van der Waals surface area contributed by atoms with Crippen LogP contribution >= 0.6 is 23.1 Å². The molecule has 1 unspecified atom stereocenters. The van der Waals surface area contributed by atoms with Gasteiger partial charge in [0.2, 0.25) is 5.13 Å². The van der Waals surface area contributed by atoms with Crippen LogP contribution in [0.3, 0.4) is 0 Å². The quantitative estimate of drug-likeness (QED) is 0.0523. The number of nitrogens with zero attached hydrogens (tertiary/aromatic N) is 3. The van der Waals surface area contributed by atoms with Crippen LogP contribution in [-0.4, -0.2) is 39.2 Å². The Morgan fingerprint density at radius 2 is 1.74 bits per heavy atom. The number of aliphatic hydroxyl groups excluding tert-OH is 1. The number of phenolic OH excluding ortho intramolecular Hbond substituents is 1. The summed E-state index contributed by atoms with van der Waals surface area (Å²) in [5.74, 6) is -1.49. The second kappa shape index (κ2) is 13.7. The van der Waals surface area contributed by atoms with Gasteiger partial charge in [0.25, 0.3) is 5.78 Å². The first kappa shape index (κ1) is 31.8. The molecule has 238 valence electrons. The Morgan fingerprint density at radius 1 is 1.00 bits per heavy atom. The number of hydrogen-bond donors (Lipinski definition) is 2. The van der Waals surface area contributed by atoms with Gasteiger partial charge in [-0.1, -0.05) is 65.6 Å². The van der Waals surface area contributed by atoms with Gasteiger partial charge in [-0.25, -0.2) is 4.39 Å². The van der Waals surface area contributed by atoms with Crippen molar-refractivity contribution in [2.24, 2.45) is 0 Å². The van der Waals surface area contributed by atoms with E-state index >= 15 is 0 Å². The first-order valence-electron chi connectivity index (χ1n) is 14.4. The number of thioether (sulfide) groups is 1. The first-order valence-corrected chi connectivity index (χ1v) is 16.2. The molecule has 47 heavy (non-hydrogen) atoms. The minimum atomic E-state index is -1.11. The third-order valence-electron chi connectivity index (χ3n) is 7.62. The Labute approximate surface area is 277 Å². The summed E-state index contributed by atoms with van der Waals surface area (Å²) in [5, 5.41) is 30.4. The molecule has 1 fully saturated rings. The summed E-state index contributed by atoms with van der Waals surface area (Å²) in [6.45, 7) is 2.36. The zero-order chi connectivity index (χ0) is 33.1. The maximum atomic E-state index is 13.6. The number of amides is 1. The van der Waals surface area contributed by atoms with Crippen LogP contribution in [0.5, 0.6) is 17.2 Å². The van der Waals surface area contributed by atoms with Crippen molar-refractivity contribution in [1.82, 2.24) is 10.2 Å². The van der Waals surface area contributed by atoms with Gasteiger partial charge in [0.1, 0.15) is 23.9 Å². The number of Topliss-reactive ketones (excluding diaryl/α,β-unsaturated/α-hetero) is 1. The lowest BCUT2D eigenvalue weighted by Crippen LogP contribution is -2.29. The molecule has 2 heterocycles. The van der Waals surface area contributed by atoms with E-state index in [0.29, 0.717) is 33.6 Å². The van der Waals surface area contributed by atoms with E-state index < -0.39 is 17.7 Å². The Morgan fingerprint density at radius 3 is 2.47 bits per heavy atom. The molecule has 1 saturated heterocycles. The number of aromatic nitrogens is 2. The third kappa shape index (κ3) is 6.69. The summed E-state index contributed by atoms with van der Waals surface area (Å²) < 4.78 is 25.1. The smallest absolute Gasteiger partial charge is 0.301 e. The second-order valence-electron chi connectivity index (χ2n) is 10.6. The predicted molar refractivity (Wildman–Crippen MR) is 177 cm³/mol. The summed E-state index contributed by atoms with van der Waals surface area (Å²) in [7, 11) is 1.38. The number of ether oxygens (including phenoxy) is 2. The molecule has 2 N–H and O–H groups in total. The highest BCUT2D eigenvalue weighted by atomic mass is 32.2. The largest absolute Gasteiger partial charge is 0.507 e. The molecule has 1 atom stereocenters. The molecule has 1 aliphatic heterocycles. The van der Waals surface area contributed by atoms with E-state index in [1.54, 1.807) is 42.5 Å². The highest BCUT2D eigenvalue weighted by molar-refractivity contribution is 8.00. The number of benzene rings is 4. The van der Waals surface area contributed by atoms with Crippen molar-refractivity contribution >= 4 is 45.7 Å². The Kier molecular flexibility index (Phi) is 9.23. The predicted octanol–water partition coefficient (Wildman–Crippen LogP) is 7.20. The van der Waals surface area contributed by atoms with Gasteiger partial charge < -0.3 is 19.7 Å². The number of hydrogen-bond acceptors (Lipinski definition) is 10. The lowest BCUT2D eigenvalue weighted by atomic mass is 9.95. The molecule has 0 aliphatic carbocycles. The fraction of sp³-hybridized carbons (Fsp3) is 0.143. The van der Waals surface area contributed by atoms with Gasteiger partial charge in [0.05, 0.1) is 18.7 Å². The summed E-state index contributed by atoms with van der Waals surface area (Å²) in [5.41, 5.74) is 3.55. The van der Waals surface area contributed by atoms with E-state index in [1.807, 2.05) is 31.2 Å². The van der Waals surface area contributed by atoms with Crippen LogP contribution in [0.2, 0.25) is 0 Å². The SMILES string of the molecule is COc1cc(C2/C(=C(\O)c3ccc(OCc4ccccc4C)cc3)C(=O)C(=O)N2c2nnc(SCc3ccc(F)cc3)s2)ccc1O. The van der Waals surface area contributed by atoms with Crippen molar-refractivity contribution in [2.75, 3.05) is 12.0 Å². The van der Waals surface area contributed by atoms with Crippen molar-refractivity contribution < 1.29 is 33.7 Å². The monoisotopic (exact) mass is 669 g/mol. The number of carbonyl (C=O) groups is 2. The molecular weight excluding hydrogens is 642 g/mol. The number of anilines is 1. The lowest BCUT2D eigenvalue weighted by molar-refractivity contribution is -0.132. The van der Waals surface area contributed by atoms with Crippen molar-refractivity contribution in [3.8, 4) is 17.2 Å². The lowest BCUT2D eigenvalue weighted by Gasteiger charge is -2.23. The molecule has 5 aromatic rings. The number of aryl methyl sites for hydroxylation is 1. The van der Waals surface area contributed by atoms with Crippen LogP contribution in [0, 0.1) is 12.7 Å². The molecule has 0 bridgehead atoms. The van der Waals surface area contributed by atoms with Crippen LogP contribution in [0.1, 0.15) is 33.9 Å². The fourth-order valence-electron chi connectivity index (χ4n) is 5.09. The van der Waals surface area contributed by atoms with E-state index in [-0.39, 0.29) is 33.8 Å². The normalized spacial score (nSPS) is 15.6. The average Bonchev–Trinajstić information content (AvgIpc) is 3.65. The summed E-state index contributed by atoms with van der Waals surface area (Å²) in [4.78, 5) is 28.4.